The standard InChI is InChI=1S/C15H22N2O4/c1-12-11-13(17(18)19)3-4-15(12)16-7-5-14(6-8-16)21-10-9-20-2/h3-4,11,14H,5-10H2,1-2H3. The van der Waals surface area contributed by atoms with E-state index in [2.05, 4.69) is 4.90 Å². The second kappa shape index (κ2) is 7.38. The lowest BCUT2D eigenvalue weighted by atomic mass is 10.0. The molecule has 1 aromatic rings. The van der Waals surface area contributed by atoms with Crippen molar-refractivity contribution in [2.75, 3.05) is 38.3 Å². The highest BCUT2D eigenvalue weighted by Gasteiger charge is 2.21. The average Bonchev–Trinajstić information content (AvgIpc) is 2.48. The number of piperidine rings is 1. The van der Waals surface area contributed by atoms with E-state index in [0.29, 0.717) is 13.2 Å². The largest absolute Gasteiger partial charge is 0.382 e. The van der Waals surface area contributed by atoms with Crippen molar-refractivity contribution in [3.63, 3.8) is 0 Å². The number of nitrogens with zero attached hydrogens (tertiary/aromatic N) is 2. The number of benzene rings is 1. The molecule has 0 amide bonds. The molecular weight excluding hydrogens is 272 g/mol. The van der Waals surface area contributed by atoms with Crippen LogP contribution in [0.5, 0.6) is 0 Å². The molecule has 0 spiro atoms. The second-order valence-corrected chi connectivity index (χ2v) is 5.28. The summed E-state index contributed by atoms with van der Waals surface area (Å²) in [4.78, 5) is 12.7. The van der Waals surface area contributed by atoms with E-state index in [1.807, 2.05) is 13.0 Å². The lowest BCUT2D eigenvalue weighted by Gasteiger charge is -2.34. The fourth-order valence-electron chi connectivity index (χ4n) is 2.67. The maximum absolute atomic E-state index is 10.8. The summed E-state index contributed by atoms with van der Waals surface area (Å²) in [7, 11) is 1.67. The number of methoxy groups -OCH3 is 1. The van der Waals surface area contributed by atoms with Gasteiger partial charge in [0, 0.05) is 38.0 Å². The Hall–Kier alpha value is -1.66. The Kier molecular flexibility index (Phi) is 5.52. The fourth-order valence-corrected chi connectivity index (χ4v) is 2.67. The Morgan fingerprint density at radius 2 is 2.05 bits per heavy atom. The minimum atomic E-state index is -0.355. The summed E-state index contributed by atoms with van der Waals surface area (Å²) >= 11 is 0. The van der Waals surface area contributed by atoms with Gasteiger partial charge < -0.3 is 14.4 Å². The van der Waals surface area contributed by atoms with Gasteiger partial charge in [-0.15, -0.1) is 0 Å². The number of hydrogen-bond acceptors (Lipinski definition) is 5. The summed E-state index contributed by atoms with van der Waals surface area (Å²) in [5.41, 5.74) is 2.17. The molecule has 1 aromatic carbocycles. The summed E-state index contributed by atoms with van der Waals surface area (Å²) in [5.74, 6) is 0. The number of rotatable bonds is 6. The van der Waals surface area contributed by atoms with Crippen LogP contribution < -0.4 is 4.90 Å². The van der Waals surface area contributed by atoms with Crippen molar-refractivity contribution in [2.24, 2.45) is 0 Å². The van der Waals surface area contributed by atoms with Crippen molar-refractivity contribution in [3.05, 3.63) is 33.9 Å². The van der Waals surface area contributed by atoms with Gasteiger partial charge in [-0.3, -0.25) is 10.1 Å². The maximum Gasteiger partial charge on any atom is 0.269 e. The van der Waals surface area contributed by atoms with Crippen LogP contribution in [-0.4, -0.2) is 44.4 Å². The molecule has 1 fully saturated rings. The van der Waals surface area contributed by atoms with Gasteiger partial charge in [-0.2, -0.15) is 0 Å². The Labute approximate surface area is 124 Å². The normalized spacial score (nSPS) is 16.2. The highest BCUT2D eigenvalue weighted by molar-refractivity contribution is 5.57. The highest BCUT2D eigenvalue weighted by Crippen LogP contribution is 2.27. The van der Waals surface area contributed by atoms with E-state index in [9.17, 15) is 10.1 Å². The number of ether oxygens (including phenoxy) is 2. The third kappa shape index (κ3) is 4.15. The Morgan fingerprint density at radius 3 is 2.62 bits per heavy atom. The van der Waals surface area contributed by atoms with Crippen LogP contribution in [0, 0.1) is 17.0 Å². The molecule has 21 heavy (non-hydrogen) atoms. The van der Waals surface area contributed by atoms with Crippen LogP contribution in [0.2, 0.25) is 0 Å². The van der Waals surface area contributed by atoms with Crippen molar-refractivity contribution >= 4 is 11.4 Å². The predicted octanol–water partition coefficient (Wildman–Crippen LogP) is 2.54. The predicted molar refractivity (Wildman–Crippen MR) is 80.9 cm³/mol. The van der Waals surface area contributed by atoms with Crippen molar-refractivity contribution in [3.8, 4) is 0 Å². The molecule has 0 aromatic heterocycles. The molecule has 1 saturated heterocycles. The van der Waals surface area contributed by atoms with Gasteiger partial charge in [-0.1, -0.05) is 0 Å². The Balaban J connectivity index is 1.91. The zero-order valence-electron chi connectivity index (χ0n) is 12.6. The number of non-ortho nitro benzene ring substituents is 1. The van der Waals surface area contributed by atoms with Crippen LogP contribution in [0.3, 0.4) is 0 Å². The van der Waals surface area contributed by atoms with Gasteiger partial charge >= 0.3 is 0 Å². The van der Waals surface area contributed by atoms with Crippen LogP contribution in [0.1, 0.15) is 18.4 Å². The maximum atomic E-state index is 10.8. The number of nitro benzene ring substituents is 1. The minimum absolute atomic E-state index is 0.147. The number of aryl methyl sites for hydroxylation is 1. The van der Waals surface area contributed by atoms with Crippen LogP contribution in [-0.2, 0) is 9.47 Å². The van der Waals surface area contributed by atoms with Gasteiger partial charge in [0.1, 0.15) is 0 Å². The third-order valence-corrected chi connectivity index (χ3v) is 3.81. The Bertz CT molecular complexity index is 485. The van der Waals surface area contributed by atoms with Crippen molar-refractivity contribution < 1.29 is 14.4 Å². The quantitative estimate of drug-likeness (QED) is 0.458. The molecule has 0 atom stereocenters. The van der Waals surface area contributed by atoms with Crippen molar-refractivity contribution in [1.29, 1.82) is 0 Å². The number of anilines is 1. The zero-order valence-corrected chi connectivity index (χ0v) is 12.6. The van der Waals surface area contributed by atoms with E-state index >= 15 is 0 Å². The summed E-state index contributed by atoms with van der Waals surface area (Å²) in [6.45, 7) is 5.01. The summed E-state index contributed by atoms with van der Waals surface area (Å²) in [6, 6.07) is 5.06. The smallest absolute Gasteiger partial charge is 0.269 e. The average molecular weight is 294 g/mol. The van der Waals surface area contributed by atoms with Crippen molar-refractivity contribution in [1.82, 2.24) is 0 Å². The summed E-state index contributed by atoms with van der Waals surface area (Å²) in [5, 5.41) is 10.8. The molecule has 0 unspecified atom stereocenters. The van der Waals surface area contributed by atoms with E-state index in [0.717, 1.165) is 37.2 Å². The van der Waals surface area contributed by atoms with Gasteiger partial charge in [0.2, 0.25) is 0 Å². The second-order valence-electron chi connectivity index (χ2n) is 5.28. The minimum Gasteiger partial charge on any atom is -0.382 e. The molecule has 6 heteroatoms. The van der Waals surface area contributed by atoms with Crippen molar-refractivity contribution in [2.45, 2.75) is 25.9 Å². The van der Waals surface area contributed by atoms with Gasteiger partial charge in [0.05, 0.1) is 24.2 Å². The molecule has 0 N–H and O–H groups in total. The molecule has 6 nitrogen and oxygen atoms in total. The van der Waals surface area contributed by atoms with E-state index in [1.165, 1.54) is 0 Å². The molecule has 1 aliphatic rings. The summed E-state index contributed by atoms with van der Waals surface area (Å²) in [6.07, 6.45) is 2.23. The first-order valence-corrected chi connectivity index (χ1v) is 7.22. The van der Waals surface area contributed by atoms with Gasteiger partial charge in [-0.25, -0.2) is 0 Å². The molecule has 1 heterocycles. The van der Waals surface area contributed by atoms with Gasteiger partial charge in [0.15, 0.2) is 0 Å². The first-order chi connectivity index (χ1) is 10.1. The van der Waals surface area contributed by atoms with E-state index in [1.54, 1.807) is 19.2 Å². The number of hydrogen-bond donors (Lipinski definition) is 0. The molecule has 116 valence electrons. The molecule has 0 saturated carbocycles. The van der Waals surface area contributed by atoms with Crippen LogP contribution in [0.15, 0.2) is 18.2 Å². The van der Waals surface area contributed by atoms with E-state index < -0.39 is 0 Å². The van der Waals surface area contributed by atoms with Crippen LogP contribution in [0.25, 0.3) is 0 Å². The monoisotopic (exact) mass is 294 g/mol. The highest BCUT2D eigenvalue weighted by atomic mass is 16.6. The Morgan fingerprint density at radius 1 is 1.33 bits per heavy atom. The summed E-state index contributed by atoms with van der Waals surface area (Å²) < 4.78 is 10.7. The third-order valence-electron chi connectivity index (χ3n) is 3.81. The lowest BCUT2D eigenvalue weighted by molar-refractivity contribution is -0.384. The van der Waals surface area contributed by atoms with Gasteiger partial charge in [-0.05, 0) is 31.4 Å². The first kappa shape index (κ1) is 15.7. The number of nitro groups is 1. The molecule has 2 rings (SSSR count). The van der Waals surface area contributed by atoms with Crippen LogP contribution in [0.4, 0.5) is 11.4 Å². The molecule has 0 radical (unpaired) electrons. The van der Waals surface area contributed by atoms with E-state index in [4.69, 9.17) is 9.47 Å². The SMILES string of the molecule is COCCOC1CCN(c2ccc([N+](=O)[O-])cc2C)CC1. The molecule has 0 bridgehead atoms. The first-order valence-electron chi connectivity index (χ1n) is 7.22. The topological polar surface area (TPSA) is 64.8 Å². The zero-order chi connectivity index (χ0) is 15.2. The van der Waals surface area contributed by atoms with Crippen LogP contribution >= 0.6 is 0 Å². The van der Waals surface area contributed by atoms with Gasteiger partial charge in [0.25, 0.3) is 5.69 Å². The lowest BCUT2D eigenvalue weighted by Crippen LogP contribution is -2.37. The molecule has 0 aliphatic carbocycles. The molecular formula is C15H22N2O4. The van der Waals surface area contributed by atoms with E-state index in [-0.39, 0.29) is 16.7 Å². The molecule has 1 aliphatic heterocycles. The fraction of sp³-hybridized carbons (Fsp3) is 0.600.